The molecule has 23 heavy (non-hydrogen) atoms. The third kappa shape index (κ3) is 4.71. The number of carboxylic acid groups (broad SMARTS) is 2. The lowest BCUT2D eigenvalue weighted by molar-refractivity contribution is -0.165. The van der Waals surface area contributed by atoms with E-state index in [0.717, 1.165) is 12.0 Å². The lowest BCUT2D eigenvalue weighted by Gasteiger charge is -2.21. The zero-order valence-electron chi connectivity index (χ0n) is 12.4. The molecule has 9 heteroatoms. The normalized spacial score (nSPS) is 21.8. The molecule has 0 unspecified atom stereocenters. The quantitative estimate of drug-likeness (QED) is 0.280. The minimum absolute atomic E-state index is 0.0254. The van der Waals surface area contributed by atoms with Crippen molar-refractivity contribution in [1.29, 1.82) is 0 Å². The lowest BCUT2D eigenvalue weighted by atomic mass is 10.1. The van der Waals surface area contributed by atoms with Crippen LogP contribution >= 0.6 is 0 Å². The summed E-state index contributed by atoms with van der Waals surface area (Å²) < 4.78 is 0. The number of fused-ring (bicyclic) bond motifs is 1. The third-order valence-corrected chi connectivity index (χ3v) is 3.50. The maximum Gasteiger partial charge on any atom is 0.335 e. The summed E-state index contributed by atoms with van der Waals surface area (Å²) in [6, 6.07) is 7.97. The highest BCUT2D eigenvalue weighted by Gasteiger charge is 2.32. The summed E-state index contributed by atoms with van der Waals surface area (Å²) in [6.07, 6.45) is -4.13. The number of aliphatic hydroxyl groups is 3. The molecule has 1 aromatic rings. The zero-order valence-corrected chi connectivity index (χ0v) is 12.4. The van der Waals surface area contributed by atoms with E-state index in [0.29, 0.717) is 0 Å². The summed E-state index contributed by atoms with van der Waals surface area (Å²) in [5, 5.41) is 44.0. The predicted molar refractivity (Wildman–Crippen MR) is 78.1 cm³/mol. The highest BCUT2D eigenvalue weighted by molar-refractivity contribution is 5.83. The Hall–Kier alpha value is -2.04. The van der Waals surface area contributed by atoms with E-state index in [9.17, 15) is 14.7 Å². The summed E-state index contributed by atoms with van der Waals surface area (Å²) in [6.45, 7) is 0. The zero-order chi connectivity index (χ0) is 17.7. The number of likely N-dealkylation sites (N-methyl/N-ethyl adjacent to an activating group) is 1. The fourth-order valence-corrected chi connectivity index (χ4v) is 2.19. The smallest absolute Gasteiger partial charge is 0.335 e. The van der Waals surface area contributed by atoms with Gasteiger partial charge in [-0.3, -0.25) is 5.84 Å². The number of carbonyl (C=O) groups is 2. The van der Waals surface area contributed by atoms with Gasteiger partial charge in [-0.15, -0.1) is 0 Å². The molecule has 7 N–H and O–H groups in total. The van der Waals surface area contributed by atoms with E-state index in [2.05, 4.69) is 0 Å². The van der Waals surface area contributed by atoms with Crippen molar-refractivity contribution >= 4 is 11.9 Å². The van der Waals surface area contributed by atoms with Crippen LogP contribution < -0.4 is 5.84 Å². The van der Waals surface area contributed by atoms with Crippen molar-refractivity contribution in [2.75, 3.05) is 7.05 Å². The Kier molecular flexibility index (Phi) is 6.61. The Labute approximate surface area is 132 Å². The van der Waals surface area contributed by atoms with E-state index in [1.54, 1.807) is 12.1 Å². The lowest BCUT2D eigenvalue weighted by Crippen LogP contribution is -2.40. The van der Waals surface area contributed by atoms with Gasteiger partial charge in [0.2, 0.25) is 0 Å². The fraction of sp³-hybridized carbons (Fsp3) is 0.429. The number of hydrogen-bond donors (Lipinski definition) is 6. The van der Waals surface area contributed by atoms with Gasteiger partial charge in [-0.25, -0.2) is 14.6 Å². The van der Waals surface area contributed by atoms with Crippen LogP contribution in [-0.4, -0.2) is 67.8 Å². The van der Waals surface area contributed by atoms with Crippen molar-refractivity contribution in [1.82, 2.24) is 5.01 Å². The standard InChI is InChI=1S/C10H14N2O.C4H6O6/c1-12(11)9-6-7-4-2-3-5-8(7)10(9)13;5-1(3(7)8)2(6)4(9)10/h2-5,9-10,13H,6,11H2,1H3;1-2,5-6H,(H,7,8)(H,9,10)/t9-,10-;1-,2-/m00/s1. The van der Waals surface area contributed by atoms with Crippen LogP contribution in [0.15, 0.2) is 24.3 Å². The Morgan fingerprint density at radius 3 is 2.04 bits per heavy atom. The number of nitrogens with zero attached hydrogens (tertiary/aromatic N) is 1. The molecule has 4 atom stereocenters. The number of benzene rings is 1. The van der Waals surface area contributed by atoms with Crippen molar-refractivity contribution < 1.29 is 35.1 Å². The minimum atomic E-state index is -2.27. The van der Waals surface area contributed by atoms with E-state index in [1.165, 1.54) is 5.56 Å². The Balaban J connectivity index is 0.000000241. The van der Waals surface area contributed by atoms with Gasteiger partial charge < -0.3 is 25.5 Å². The first-order chi connectivity index (χ1) is 10.7. The average molecular weight is 328 g/mol. The first kappa shape index (κ1) is 19.0. The van der Waals surface area contributed by atoms with Crippen LogP contribution in [0.2, 0.25) is 0 Å². The second kappa shape index (κ2) is 7.99. The molecule has 128 valence electrons. The maximum absolute atomic E-state index is 9.89. The van der Waals surface area contributed by atoms with Crippen molar-refractivity contribution in [3.8, 4) is 0 Å². The molecule has 1 aliphatic carbocycles. The average Bonchev–Trinajstić information content (AvgIpc) is 2.84. The molecule has 2 rings (SSSR count). The van der Waals surface area contributed by atoms with E-state index < -0.39 is 30.3 Å². The van der Waals surface area contributed by atoms with Crippen LogP contribution in [0.25, 0.3) is 0 Å². The summed E-state index contributed by atoms with van der Waals surface area (Å²) in [5.41, 5.74) is 2.22. The molecule has 0 saturated heterocycles. The number of aliphatic hydroxyl groups excluding tert-OH is 3. The monoisotopic (exact) mass is 328 g/mol. The van der Waals surface area contributed by atoms with Crippen LogP contribution in [-0.2, 0) is 16.0 Å². The molecular weight excluding hydrogens is 308 g/mol. The largest absolute Gasteiger partial charge is 0.479 e. The van der Waals surface area contributed by atoms with Crippen LogP contribution in [0.4, 0.5) is 0 Å². The summed E-state index contributed by atoms with van der Waals surface area (Å²) in [5.74, 6) is 2.10. The topological polar surface area (TPSA) is 165 Å². The molecule has 0 radical (unpaired) electrons. The Morgan fingerprint density at radius 2 is 1.65 bits per heavy atom. The van der Waals surface area contributed by atoms with Gasteiger partial charge in [0.1, 0.15) is 0 Å². The van der Waals surface area contributed by atoms with Crippen molar-refractivity contribution in [3.05, 3.63) is 35.4 Å². The predicted octanol–water partition coefficient (Wildman–Crippen LogP) is -1.67. The molecule has 0 spiro atoms. The molecule has 0 saturated carbocycles. The van der Waals surface area contributed by atoms with E-state index in [4.69, 9.17) is 26.3 Å². The van der Waals surface area contributed by atoms with E-state index in [1.807, 2.05) is 24.3 Å². The van der Waals surface area contributed by atoms with Crippen molar-refractivity contribution in [3.63, 3.8) is 0 Å². The number of carboxylic acids is 2. The number of hydrogen-bond acceptors (Lipinski definition) is 7. The van der Waals surface area contributed by atoms with E-state index in [-0.39, 0.29) is 6.04 Å². The highest BCUT2D eigenvalue weighted by Crippen LogP contribution is 2.32. The number of hydrazine groups is 1. The van der Waals surface area contributed by atoms with Crippen LogP contribution in [0, 0.1) is 0 Å². The first-order valence-corrected chi connectivity index (χ1v) is 6.72. The molecule has 0 aromatic heterocycles. The molecule has 0 bridgehead atoms. The number of nitrogens with two attached hydrogens (primary N) is 1. The molecule has 0 fully saturated rings. The molecule has 0 heterocycles. The highest BCUT2D eigenvalue weighted by atomic mass is 16.4. The first-order valence-electron chi connectivity index (χ1n) is 6.72. The Morgan fingerprint density at radius 1 is 1.17 bits per heavy atom. The second-order valence-electron chi connectivity index (χ2n) is 5.15. The van der Waals surface area contributed by atoms with Gasteiger partial charge in [-0.1, -0.05) is 24.3 Å². The van der Waals surface area contributed by atoms with Gasteiger partial charge in [0.15, 0.2) is 12.2 Å². The molecule has 9 nitrogen and oxygen atoms in total. The molecular formula is C14H20N2O7. The summed E-state index contributed by atoms with van der Waals surface area (Å²) in [4.78, 5) is 19.5. The van der Waals surface area contributed by atoms with Gasteiger partial charge in [0.05, 0.1) is 12.1 Å². The van der Waals surface area contributed by atoms with Gasteiger partial charge in [0.25, 0.3) is 0 Å². The van der Waals surface area contributed by atoms with Crippen molar-refractivity contribution in [2.45, 2.75) is 30.8 Å². The van der Waals surface area contributed by atoms with Crippen LogP contribution in [0.5, 0.6) is 0 Å². The molecule has 1 aromatic carbocycles. The minimum Gasteiger partial charge on any atom is -0.479 e. The maximum atomic E-state index is 9.89. The summed E-state index contributed by atoms with van der Waals surface area (Å²) in [7, 11) is 1.79. The van der Waals surface area contributed by atoms with E-state index >= 15 is 0 Å². The van der Waals surface area contributed by atoms with Crippen LogP contribution in [0.3, 0.4) is 0 Å². The number of aliphatic carboxylic acids is 2. The van der Waals surface area contributed by atoms with Gasteiger partial charge in [-0.2, -0.15) is 0 Å². The summed E-state index contributed by atoms with van der Waals surface area (Å²) >= 11 is 0. The number of rotatable bonds is 4. The SMILES string of the molecule is CN(N)[C@H]1Cc2ccccc2[C@@H]1O.O=C(O)[C@@H](O)[C@H](O)C(=O)O. The Bertz CT molecular complexity index is 546. The van der Waals surface area contributed by atoms with Crippen molar-refractivity contribution in [2.24, 2.45) is 5.84 Å². The van der Waals surface area contributed by atoms with Gasteiger partial charge >= 0.3 is 11.9 Å². The molecule has 0 amide bonds. The molecule has 0 aliphatic heterocycles. The fourth-order valence-electron chi connectivity index (χ4n) is 2.19. The second-order valence-corrected chi connectivity index (χ2v) is 5.15. The third-order valence-electron chi connectivity index (χ3n) is 3.50. The van der Waals surface area contributed by atoms with Gasteiger partial charge in [-0.05, 0) is 17.5 Å². The van der Waals surface area contributed by atoms with Crippen LogP contribution in [0.1, 0.15) is 17.2 Å². The molecule has 1 aliphatic rings. The van der Waals surface area contributed by atoms with Gasteiger partial charge in [0, 0.05) is 7.05 Å².